The van der Waals surface area contributed by atoms with E-state index in [1.54, 1.807) is 12.3 Å². The third-order valence-electron chi connectivity index (χ3n) is 4.90. The first-order chi connectivity index (χ1) is 12.2. The molecule has 1 aromatic heterocycles. The van der Waals surface area contributed by atoms with Gasteiger partial charge in [-0.15, -0.1) is 0 Å². The van der Waals surface area contributed by atoms with Gasteiger partial charge in [-0.2, -0.15) is 5.26 Å². The summed E-state index contributed by atoms with van der Waals surface area (Å²) in [6, 6.07) is 15.0. The molecule has 2 aromatic rings. The quantitative estimate of drug-likeness (QED) is 0.798. The highest BCUT2D eigenvalue weighted by atomic mass is 16.2. The highest BCUT2D eigenvalue weighted by Crippen LogP contribution is 2.36. The van der Waals surface area contributed by atoms with Gasteiger partial charge in [-0.1, -0.05) is 30.3 Å². The first-order valence-electron chi connectivity index (χ1n) is 8.17. The molecule has 124 valence electrons. The Morgan fingerprint density at radius 2 is 1.72 bits per heavy atom. The fraction of sp³-hybridized carbons (Fsp3) is 0.263. The number of nitrogens with zero attached hydrogens (tertiary/aromatic N) is 4. The molecule has 2 aliphatic heterocycles. The van der Waals surface area contributed by atoms with Gasteiger partial charge in [-0.3, -0.25) is 14.5 Å². The molecular weight excluding hydrogens is 316 g/mol. The van der Waals surface area contributed by atoms with Crippen LogP contribution in [-0.4, -0.2) is 34.8 Å². The average molecular weight is 332 g/mol. The number of hydrogen-bond acceptors (Lipinski definition) is 5. The smallest absolute Gasteiger partial charge is 0.235 e. The number of carbonyl (C=O) groups excluding carboxylic acids is 2. The van der Waals surface area contributed by atoms with Crippen molar-refractivity contribution >= 4 is 17.5 Å². The van der Waals surface area contributed by atoms with Crippen LogP contribution in [0.1, 0.15) is 11.3 Å². The molecule has 2 amide bonds. The minimum Gasteiger partial charge on any atom is -0.369 e. The summed E-state index contributed by atoms with van der Waals surface area (Å²) in [6.07, 6.45) is 1.62. The third kappa shape index (κ3) is 2.64. The van der Waals surface area contributed by atoms with Crippen LogP contribution in [0.25, 0.3) is 0 Å². The van der Waals surface area contributed by atoms with E-state index in [4.69, 9.17) is 5.26 Å². The number of benzene rings is 1. The number of carbonyl (C=O) groups is 2. The number of nitriles is 1. The van der Waals surface area contributed by atoms with Crippen LogP contribution in [0, 0.1) is 23.2 Å². The van der Waals surface area contributed by atoms with E-state index >= 15 is 0 Å². The molecule has 0 N–H and O–H groups in total. The Morgan fingerprint density at radius 1 is 1.04 bits per heavy atom. The fourth-order valence-corrected chi connectivity index (χ4v) is 3.59. The number of aromatic nitrogens is 1. The summed E-state index contributed by atoms with van der Waals surface area (Å²) in [5, 5.41) is 8.82. The number of pyridine rings is 1. The van der Waals surface area contributed by atoms with E-state index in [0.29, 0.717) is 25.3 Å². The van der Waals surface area contributed by atoms with Crippen LogP contribution < -0.4 is 4.90 Å². The zero-order chi connectivity index (χ0) is 17.4. The topological polar surface area (TPSA) is 77.3 Å². The van der Waals surface area contributed by atoms with Crippen molar-refractivity contribution < 1.29 is 9.59 Å². The lowest BCUT2D eigenvalue weighted by Gasteiger charge is -2.22. The van der Waals surface area contributed by atoms with Crippen molar-refractivity contribution in [2.24, 2.45) is 11.8 Å². The van der Waals surface area contributed by atoms with Gasteiger partial charge in [-0.05, 0) is 17.7 Å². The van der Waals surface area contributed by atoms with Crippen molar-refractivity contribution in [2.75, 3.05) is 18.0 Å². The number of likely N-dealkylation sites (tertiary alicyclic amines) is 1. The lowest BCUT2D eigenvalue weighted by molar-refractivity contribution is -0.140. The Hall–Kier alpha value is -3.20. The number of rotatable bonds is 3. The van der Waals surface area contributed by atoms with Crippen molar-refractivity contribution in [3.05, 3.63) is 59.9 Å². The molecule has 0 radical (unpaired) electrons. The van der Waals surface area contributed by atoms with Crippen molar-refractivity contribution in [3.8, 4) is 6.07 Å². The summed E-state index contributed by atoms with van der Waals surface area (Å²) in [7, 11) is 0. The van der Waals surface area contributed by atoms with E-state index in [0.717, 1.165) is 11.3 Å². The maximum Gasteiger partial charge on any atom is 0.235 e. The zero-order valence-electron chi connectivity index (χ0n) is 13.5. The SMILES string of the molecule is N#Cc1ccc(N2CC3C(=O)N(Cc4ccccc4)C(=O)C3C2)cn1. The highest BCUT2D eigenvalue weighted by Gasteiger charge is 2.52. The summed E-state index contributed by atoms with van der Waals surface area (Å²) in [4.78, 5) is 32.8. The number of imide groups is 1. The molecule has 2 atom stereocenters. The average Bonchev–Trinajstić information content (AvgIpc) is 3.19. The zero-order valence-corrected chi connectivity index (χ0v) is 13.5. The lowest BCUT2D eigenvalue weighted by atomic mass is 10.00. The molecule has 0 aliphatic carbocycles. The van der Waals surface area contributed by atoms with Crippen molar-refractivity contribution in [2.45, 2.75) is 6.54 Å². The van der Waals surface area contributed by atoms with Crippen LogP contribution in [0.3, 0.4) is 0 Å². The van der Waals surface area contributed by atoms with Gasteiger partial charge in [0, 0.05) is 13.1 Å². The van der Waals surface area contributed by atoms with Gasteiger partial charge in [0.2, 0.25) is 11.8 Å². The van der Waals surface area contributed by atoms with Crippen LogP contribution in [0.4, 0.5) is 5.69 Å². The van der Waals surface area contributed by atoms with Crippen LogP contribution in [0.5, 0.6) is 0 Å². The molecule has 0 spiro atoms. The number of fused-ring (bicyclic) bond motifs is 1. The van der Waals surface area contributed by atoms with Gasteiger partial charge in [0.1, 0.15) is 11.8 Å². The molecule has 2 unspecified atom stereocenters. The summed E-state index contributed by atoms with van der Waals surface area (Å²) in [5.74, 6) is -0.787. The minimum atomic E-state index is -0.299. The summed E-state index contributed by atoms with van der Waals surface area (Å²) in [6.45, 7) is 1.35. The van der Waals surface area contributed by atoms with Gasteiger partial charge in [0.05, 0.1) is 30.3 Å². The predicted molar refractivity (Wildman–Crippen MR) is 90.1 cm³/mol. The van der Waals surface area contributed by atoms with E-state index in [2.05, 4.69) is 4.98 Å². The molecule has 2 saturated heterocycles. The first-order valence-corrected chi connectivity index (χ1v) is 8.17. The van der Waals surface area contributed by atoms with E-state index in [-0.39, 0.29) is 23.7 Å². The Bertz CT molecular complexity index is 833. The van der Waals surface area contributed by atoms with Gasteiger partial charge in [-0.25, -0.2) is 4.98 Å². The molecule has 25 heavy (non-hydrogen) atoms. The van der Waals surface area contributed by atoms with E-state index in [9.17, 15) is 9.59 Å². The number of amides is 2. The molecule has 6 nitrogen and oxygen atoms in total. The first kappa shape index (κ1) is 15.3. The second-order valence-electron chi connectivity index (χ2n) is 6.38. The maximum absolute atomic E-state index is 12.7. The highest BCUT2D eigenvalue weighted by molar-refractivity contribution is 6.06. The van der Waals surface area contributed by atoms with Crippen LogP contribution in [0.15, 0.2) is 48.7 Å². The lowest BCUT2D eigenvalue weighted by Crippen LogP contribution is -2.35. The Kier molecular flexibility index (Phi) is 3.69. The molecule has 1 aromatic carbocycles. The molecular formula is C19H16N4O2. The van der Waals surface area contributed by atoms with Crippen LogP contribution in [-0.2, 0) is 16.1 Å². The second-order valence-corrected chi connectivity index (χ2v) is 6.38. The largest absolute Gasteiger partial charge is 0.369 e. The summed E-state index contributed by atoms with van der Waals surface area (Å²) < 4.78 is 0. The Morgan fingerprint density at radius 3 is 2.28 bits per heavy atom. The molecule has 6 heteroatoms. The Balaban J connectivity index is 1.49. The van der Waals surface area contributed by atoms with E-state index in [1.807, 2.05) is 47.4 Å². The maximum atomic E-state index is 12.7. The summed E-state index contributed by atoms with van der Waals surface area (Å²) >= 11 is 0. The molecule has 2 fully saturated rings. The fourth-order valence-electron chi connectivity index (χ4n) is 3.59. The number of hydrogen-bond donors (Lipinski definition) is 0. The van der Waals surface area contributed by atoms with Crippen molar-refractivity contribution in [3.63, 3.8) is 0 Å². The monoisotopic (exact) mass is 332 g/mol. The molecule has 2 aliphatic rings. The van der Waals surface area contributed by atoms with Gasteiger partial charge in [0.25, 0.3) is 0 Å². The van der Waals surface area contributed by atoms with E-state index in [1.165, 1.54) is 4.90 Å². The molecule has 3 heterocycles. The van der Waals surface area contributed by atoms with Gasteiger partial charge < -0.3 is 4.90 Å². The third-order valence-corrected chi connectivity index (χ3v) is 4.90. The van der Waals surface area contributed by atoms with Crippen molar-refractivity contribution in [1.29, 1.82) is 5.26 Å². The molecule has 0 saturated carbocycles. The summed E-state index contributed by atoms with van der Waals surface area (Å²) in [5.41, 5.74) is 2.14. The predicted octanol–water partition coefficient (Wildman–Crippen LogP) is 1.57. The molecule has 0 bridgehead atoms. The van der Waals surface area contributed by atoms with Gasteiger partial charge >= 0.3 is 0 Å². The van der Waals surface area contributed by atoms with Gasteiger partial charge in [0.15, 0.2) is 0 Å². The second kappa shape index (κ2) is 6.02. The standard InChI is InChI=1S/C19H16N4O2/c20-8-14-6-7-15(9-21-14)22-11-16-17(12-22)19(25)23(18(16)24)10-13-4-2-1-3-5-13/h1-7,9,16-17H,10-12H2. The Labute approximate surface area is 145 Å². The minimum absolute atomic E-state index is 0.0945. The van der Waals surface area contributed by atoms with Crippen molar-refractivity contribution in [1.82, 2.24) is 9.88 Å². The normalized spacial score (nSPS) is 22.2. The molecule has 4 rings (SSSR count). The van der Waals surface area contributed by atoms with Crippen LogP contribution >= 0.6 is 0 Å². The number of anilines is 1. The van der Waals surface area contributed by atoms with Crippen LogP contribution in [0.2, 0.25) is 0 Å². The van der Waals surface area contributed by atoms with E-state index < -0.39 is 0 Å².